The van der Waals surface area contributed by atoms with Crippen molar-refractivity contribution >= 4 is 11.7 Å². The summed E-state index contributed by atoms with van der Waals surface area (Å²) < 4.78 is 2.57. The second-order valence-electron chi connectivity index (χ2n) is 3.61. The van der Waals surface area contributed by atoms with E-state index < -0.39 is 10.9 Å². The summed E-state index contributed by atoms with van der Waals surface area (Å²) in [4.78, 5) is 24.8. The third-order valence-corrected chi connectivity index (χ3v) is 2.39. The standard InChI is InChI=1S/C9H9N5O4/c1-5-7(14(17)18)8(12(2)11-5)13-3-6(9(15)16)10-4-13/h3-4H,1-2H3,(H,15,16). The number of hydrogen-bond donors (Lipinski definition) is 1. The van der Waals surface area contributed by atoms with Crippen molar-refractivity contribution in [2.75, 3.05) is 0 Å². The highest BCUT2D eigenvalue weighted by atomic mass is 16.6. The Labute approximate surface area is 100 Å². The largest absolute Gasteiger partial charge is 0.476 e. The van der Waals surface area contributed by atoms with Gasteiger partial charge in [0.05, 0.1) is 4.92 Å². The second kappa shape index (κ2) is 3.95. The van der Waals surface area contributed by atoms with Gasteiger partial charge in [-0.2, -0.15) is 5.10 Å². The molecule has 0 bridgehead atoms. The highest BCUT2D eigenvalue weighted by Crippen LogP contribution is 2.25. The summed E-state index contributed by atoms with van der Waals surface area (Å²) in [5.74, 6) is -1.03. The van der Waals surface area contributed by atoms with Gasteiger partial charge in [-0.05, 0) is 6.92 Å². The number of imidazole rings is 1. The molecule has 9 nitrogen and oxygen atoms in total. The van der Waals surface area contributed by atoms with Crippen molar-refractivity contribution in [3.63, 3.8) is 0 Å². The third kappa shape index (κ3) is 1.71. The predicted octanol–water partition coefficient (Wildman–Crippen LogP) is 0.521. The lowest BCUT2D eigenvalue weighted by molar-refractivity contribution is -0.385. The van der Waals surface area contributed by atoms with E-state index in [4.69, 9.17) is 5.11 Å². The highest BCUT2D eigenvalue weighted by Gasteiger charge is 2.25. The average Bonchev–Trinajstić information content (AvgIpc) is 2.81. The Hall–Kier alpha value is -2.71. The SMILES string of the molecule is Cc1nn(C)c(-n2cnc(C(=O)O)c2)c1[N+](=O)[O-]. The minimum atomic E-state index is -1.20. The first-order valence-electron chi connectivity index (χ1n) is 4.87. The topological polar surface area (TPSA) is 116 Å². The lowest BCUT2D eigenvalue weighted by atomic mass is 10.4. The van der Waals surface area contributed by atoms with Crippen molar-refractivity contribution in [3.8, 4) is 5.82 Å². The monoisotopic (exact) mass is 251 g/mol. The summed E-state index contributed by atoms with van der Waals surface area (Å²) in [6.45, 7) is 1.51. The summed E-state index contributed by atoms with van der Waals surface area (Å²) in [7, 11) is 1.54. The van der Waals surface area contributed by atoms with Gasteiger partial charge in [0.15, 0.2) is 5.69 Å². The predicted molar refractivity (Wildman–Crippen MR) is 58.7 cm³/mol. The van der Waals surface area contributed by atoms with Crippen LogP contribution in [0, 0.1) is 17.0 Å². The molecular formula is C9H9N5O4. The smallest absolute Gasteiger partial charge is 0.356 e. The van der Waals surface area contributed by atoms with Gasteiger partial charge >= 0.3 is 11.7 Å². The zero-order valence-corrected chi connectivity index (χ0v) is 9.56. The number of hydrogen-bond acceptors (Lipinski definition) is 5. The molecule has 0 aromatic carbocycles. The van der Waals surface area contributed by atoms with Gasteiger partial charge in [0, 0.05) is 13.2 Å². The van der Waals surface area contributed by atoms with Gasteiger partial charge in [0.25, 0.3) is 0 Å². The van der Waals surface area contributed by atoms with E-state index in [1.807, 2.05) is 0 Å². The van der Waals surface area contributed by atoms with Crippen LogP contribution in [0.1, 0.15) is 16.2 Å². The normalized spacial score (nSPS) is 10.6. The molecule has 0 radical (unpaired) electrons. The summed E-state index contributed by atoms with van der Waals surface area (Å²) in [5, 5.41) is 23.7. The number of nitro groups is 1. The molecule has 2 aromatic rings. The molecule has 0 amide bonds. The fraction of sp³-hybridized carbons (Fsp3) is 0.222. The van der Waals surface area contributed by atoms with Crippen molar-refractivity contribution in [1.82, 2.24) is 19.3 Å². The van der Waals surface area contributed by atoms with E-state index in [-0.39, 0.29) is 22.9 Å². The minimum Gasteiger partial charge on any atom is -0.476 e. The van der Waals surface area contributed by atoms with E-state index >= 15 is 0 Å². The van der Waals surface area contributed by atoms with Crippen LogP contribution in [0.3, 0.4) is 0 Å². The molecule has 9 heteroatoms. The van der Waals surface area contributed by atoms with Crippen LogP contribution in [0.25, 0.3) is 5.82 Å². The van der Waals surface area contributed by atoms with E-state index in [0.29, 0.717) is 0 Å². The molecule has 18 heavy (non-hydrogen) atoms. The van der Waals surface area contributed by atoms with Gasteiger partial charge in [-0.15, -0.1) is 0 Å². The van der Waals surface area contributed by atoms with Crippen molar-refractivity contribution in [1.29, 1.82) is 0 Å². The van der Waals surface area contributed by atoms with Gasteiger partial charge in [-0.1, -0.05) is 0 Å². The average molecular weight is 251 g/mol. The first-order valence-corrected chi connectivity index (χ1v) is 4.87. The van der Waals surface area contributed by atoms with E-state index in [2.05, 4.69) is 10.1 Å². The van der Waals surface area contributed by atoms with E-state index in [9.17, 15) is 14.9 Å². The summed E-state index contributed by atoms with van der Waals surface area (Å²) in [6.07, 6.45) is 2.40. The minimum absolute atomic E-state index is 0.164. The van der Waals surface area contributed by atoms with Crippen LogP contribution in [0.2, 0.25) is 0 Å². The maximum absolute atomic E-state index is 11.0. The Balaban J connectivity index is 2.62. The quantitative estimate of drug-likeness (QED) is 0.627. The Bertz CT molecular complexity index is 641. The molecule has 0 aliphatic rings. The summed E-state index contributed by atoms with van der Waals surface area (Å²) in [6, 6.07) is 0. The van der Waals surface area contributed by atoms with Crippen LogP contribution in [0.15, 0.2) is 12.5 Å². The lowest BCUT2D eigenvalue weighted by Gasteiger charge is -2.00. The molecule has 0 saturated heterocycles. The van der Waals surface area contributed by atoms with E-state index in [1.165, 1.54) is 35.7 Å². The number of carbonyl (C=O) groups is 1. The van der Waals surface area contributed by atoms with Crippen molar-refractivity contribution < 1.29 is 14.8 Å². The van der Waals surface area contributed by atoms with Crippen LogP contribution in [-0.2, 0) is 7.05 Å². The maximum Gasteiger partial charge on any atom is 0.356 e. The number of carboxylic acids is 1. The van der Waals surface area contributed by atoms with Crippen molar-refractivity contribution in [3.05, 3.63) is 34.0 Å². The first-order chi connectivity index (χ1) is 8.41. The first kappa shape index (κ1) is 11.8. The molecule has 2 rings (SSSR count). The molecule has 94 valence electrons. The summed E-state index contributed by atoms with van der Waals surface area (Å²) in [5.41, 5.74) is -0.113. The number of aryl methyl sites for hydroxylation is 2. The van der Waals surface area contributed by atoms with E-state index in [0.717, 1.165) is 0 Å². The molecule has 0 aliphatic carbocycles. The molecule has 0 unspecified atom stereocenters. The molecule has 2 heterocycles. The molecule has 0 aliphatic heterocycles. The maximum atomic E-state index is 11.0. The van der Waals surface area contributed by atoms with Crippen LogP contribution in [-0.4, -0.2) is 35.3 Å². The van der Waals surface area contributed by atoms with Crippen LogP contribution < -0.4 is 0 Å². The van der Waals surface area contributed by atoms with Gasteiger partial charge in [-0.25, -0.2) is 14.5 Å². The molecule has 0 saturated carbocycles. The van der Waals surface area contributed by atoms with Gasteiger partial charge < -0.3 is 5.11 Å². The Morgan fingerprint density at radius 1 is 1.56 bits per heavy atom. The zero-order chi connectivity index (χ0) is 13.4. The molecule has 0 spiro atoms. The number of rotatable bonds is 3. The zero-order valence-electron chi connectivity index (χ0n) is 9.56. The number of aromatic carboxylic acids is 1. The Morgan fingerprint density at radius 3 is 2.72 bits per heavy atom. The molecular weight excluding hydrogens is 242 g/mol. The fourth-order valence-corrected chi connectivity index (χ4v) is 1.69. The van der Waals surface area contributed by atoms with Gasteiger partial charge in [0.1, 0.15) is 12.0 Å². The fourth-order valence-electron chi connectivity index (χ4n) is 1.69. The van der Waals surface area contributed by atoms with E-state index in [1.54, 1.807) is 0 Å². The Morgan fingerprint density at radius 2 is 2.22 bits per heavy atom. The molecule has 0 fully saturated rings. The van der Waals surface area contributed by atoms with Crippen LogP contribution in [0.4, 0.5) is 5.69 Å². The number of aromatic nitrogens is 4. The van der Waals surface area contributed by atoms with Crippen LogP contribution in [0.5, 0.6) is 0 Å². The Kier molecular flexibility index (Phi) is 2.58. The third-order valence-electron chi connectivity index (χ3n) is 2.39. The van der Waals surface area contributed by atoms with Crippen molar-refractivity contribution in [2.45, 2.75) is 6.92 Å². The second-order valence-corrected chi connectivity index (χ2v) is 3.61. The summed E-state index contributed by atoms with van der Waals surface area (Å²) >= 11 is 0. The van der Waals surface area contributed by atoms with Crippen LogP contribution >= 0.6 is 0 Å². The van der Waals surface area contributed by atoms with Gasteiger partial charge in [0.2, 0.25) is 5.82 Å². The number of carboxylic acid groups (broad SMARTS) is 1. The molecule has 1 N–H and O–H groups in total. The molecule has 0 atom stereocenters. The molecule has 2 aromatic heterocycles. The lowest BCUT2D eigenvalue weighted by Crippen LogP contribution is -2.03. The highest BCUT2D eigenvalue weighted by molar-refractivity contribution is 5.85. The van der Waals surface area contributed by atoms with Crippen molar-refractivity contribution in [2.24, 2.45) is 7.05 Å². The van der Waals surface area contributed by atoms with Gasteiger partial charge in [-0.3, -0.25) is 14.7 Å². The number of nitrogens with zero attached hydrogens (tertiary/aromatic N) is 5.